The molecule has 0 aliphatic heterocycles. The Balaban J connectivity index is 1.87. The molecule has 2 N–H and O–H groups in total. The molecule has 1 aromatic heterocycles. The molecule has 1 aromatic rings. The molecule has 0 radical (unpaired) electrons. The fourth-order valence-corrected chi connectivity index (χ4v) is 3.03. The Morgan fingerprint density at radius 2 is 2.05 bits per heavy atom. The number of halogens is 3. The van der Waals surface area contributed by atoms with Gasteiger partial charge in [-0.05, 0) is 31.6 Å². The van der Waals surface area contributed by atoms with Crippen LogP contribution in [-0.2, 0) is 6.18 Å². The molecule has 0 spiro atoms. The smallest absolute Gasteiger partial charge is 0.388 e. The molecule has 8 heteroatoms. The first-order valence-electron chi connectivity index (χ1n) is 6.69. The average Bonchev–Trinajstić information content (AvgIpc) is 2.86. The molecule has 1 aliphatic rings. The first-order valence-corrected chi connectivity index (χ1v) is 7.47. The van der Waals surface area contributed by atoms with Gasteiger partial charge in [-0.25, -0.2) is 0 Å². The van der Waals surface area contributed by atoms with Crippen molar-refractivity contribution in [1.82, 2.24) is 9.36 Å². The minimum Gasteiger partial charge on any atom is -0.388 e. The van der Waals surface area contributed by atoms with Crippen molar-refractivity contribution in [1.29, 1.82) is 0 Å². The van der Waals surface area contributed by atoms with Crippen LogP contribution in [0.15, 0.2) is 0 Å². The normalized spacial score (nSPS) is 27.6. The summed E-state index contributed by atoms with van der Waals surface area (Å²) in [5.74, 6) is -0.486. The van der Waals surface area contributed by atoms with E-state index in [2.05, 4.69) is 21.6 Å². The Labute approximate surface area is 119 Å². The predicted molar refractivity (Wildman–Crippen MR) is 70.6 cm³/mol. The van der Waals surface area contributed by atoms with Gasteiger partial charge in [0.05, 0.1) is 5.60 Å². The summed E-state index contributed by atoms with van der Waals surface area (Å²) in [4.78, 5) is 3.39. The lowest BCUT2D eigenvalue weighted by molar-refractivity contribution is -0.144. The van der Waals surface area contributed by atoms with Crippen LogP contribution in [0.1, 0.15) is 44.9 Å². The van der Waals surface area contributed by atoms with E-state index in [1.807, 2.05) is 0 Å². The minimum absolute atomic E-state index is 0.100. The van der Waals surface area contributed by atoms with Crippen LogP contribution in [0.5, 0.6) is 0 Å². The fourth-order valence-electron chi connectivity index (χ4n) is 2.45. The molecule has 0 atom stereocenters. The van der Waals surface area contributed by atoms with Crippen LogP contribution in [0.2, 0.25) is 0 Å². The van der Waals surface area contributed by atoms with Gasteiger partial charge in [0, 0.05) is 18.1 Å². The number of aliphatic hydroxyl groups is 1. The van der Waals surface area contributed by atoms with Crippen LogP contribution in [0.4, 0.5) is 18.3 Å². The van der Waals surface area contributed by atoms with Crippen molar-refractivity contribution in [2.75, 3.05) is 11.9 Å². The maximum atomic E-state index is 12.4. The average molecular weight is 309 g/mol. The Bertz CT molecular complexity index is 441. The number of nitrogens with one attached hydrogen (secondary N) is 1. The number of alkyl halides is 3. The van der Waals surface area contributed by atoms with E-state index in [9.17, 15) is 18.3 Å². The fraction of sp³-hybridized carbons (Fsp3) is 0.833. The van der Waals surface area contributed by atoms with E-state index in [0.29, 0.717) is 30.3 Å². The second-order valence-corrected chi connectivity index (χ2v) is 6.10. The molecule has 0 bridgehead atoms. The zero-order chi connectivity index (χ0) is 14.8. The third kappa shape index (κ3) is 3.82. The van der Waals surface area contributed by atoms with Crippen molar-refractivity contribution in [3.05, 3.63) is 5.82 Å². The number of anilines is 1. The van der Waals surface area contributed by atoms with Gasteiger partial charge in [-0.15, -0.1) is 0 Å². The topological polar surface area (TPSA) is 58.0 Å². The van der Waals surface area contributed by atoms with Crippen LogP contribution in [0, 0.1) is 5.92 Å². The number of hydrogen-bond donors (Lipinski definition) is 2. The summed E-state index contributed by atoms with van der Waals surface area (Å²) in [6.07, 6.45) is -0.161. The van der Waals surface area contributed by atoms with E-state index in [4.69, 9.17) is 0 Å². The highest BCUT2D eigenvalue weighted by molar-refractivity contribution is 7.09. The van der Waals surface area contributed by atoms with E-state index in [1.165, 1.54) is 0 Å². The van der Waals surface area contributed by atoms with E-state index >= 15 is 0 Å². The molecule has 0 unspecified atom stereocenters. The van der Waals surface area contributed by atoms with Crippen molar-refractivity contribution in [2.45, 2.75) is 50.8 Å². The van der Waals surface area contributed by atoms with Crippen molar-refractivity contribution < 1.29 is 18.3 Å². The van der Waals surface area contributed by atoms with Gasteiger partial charge in [-0.3, -0.25) is 0 Å². The molecule has 1 aliphatic carbocycles. The van der Waals surface area contributed by atoms with Gasteiger partial charge in [-0.1, -0.05) is 13.3 Å². The lowest BCUT2D eigenvalue weighted by Crippen LogP contribution is -2.40. The van der Waals surface area contributed by atoms with Gasteiger partial charge in [0.15, 0.2) is 0 Å². The molecular weight excluding hydrogens is 291 g/mol. The monoisotopic (exact) mass is 309 g/mol. The quantitative estimate of drug-likeness (QED) is 0.896. The molecule has 2 rings (SSSR count). The zero-order valence-electron chi connectivity index (χ0n) is 11.2. The first-order chi connectivity index (χ1) is 9.32. The Hall–Kier alpha value is -0.890. The first kappa shape index (κ1) is 15.5. The molecule has 1 saturated carbocycles. The zero-order valence-corrected chi connectivity index (χ0v) is 12.0. The Morgan fingerprint density at radius 3 is 2.55 bits per heavy atom. The van der Waals surface area contributed by atoms with E-state index < -0.39 is 17.6 Å². The van der Waals surface area contributed by atoms with Crippen molar-refractivity contribution >= 4 is 16.7 Å². The van der Waals surface area contributed by atoms with Crippen molar-refractivity contribution in [2.24, 2.45) is 5.92 Å². The van der Waals surface area contributed by atoms with Gasteiger partial charge in [0.25, 0.3) is 0 Å². The molecule has 0 amide bonds. The predicted octanol–water partition coefficient (Wildman–Crippen LogP) is 3.30. The van der Waals surface area contributed by atoms with Crippen LogP contribution < -0.4 is 5.32 Å². The number of hydrogen-bond acceptors (Lipinski definition) is 5. The van der Waals surface area contributed by atoms with Gasteiger partial charge in [-0.2, -0.15) is 22.5 Å². The Kier molecular flexibility index (Phi) is 4.53. The highest BCUT2D eigenvalue weighted by Gasteiger charge is 2.37. The summed E-state index contributed by atoms with van der Waals surface area (Å²) in [5, 5.41) is 13.3. The van der Waals surface area contributed by atoms with Gasteiger partial charge in [0.2, 0.25) is 11.0 Å². The van der Waals surface area contributed by atoms with Gasteiger partial charge >= 0.3 is 6.18 Å². The maximum Gasteiger partial charge on any atom is 0.452 e. The minimum atomic E-state index is -4.52. The molecule has 0 aromatic carbocycles. The highest BCUT2D eigenvalue weighted by atomic mass is 32.1. The second kappa shape index (κ2) is 5.85. The number of rotatable bonds is 4. The molecule has 0 saturated heterocycles. The third-order valence-electron chi connectivity index (χ3n) is 3.86. The van der Waals surface area contributed by atoms with E-state index in [-0.39, 0.29) is 11.7 Å². The third-order valence-corrected chi connectivity index (χ3v) is 4.53. The van der Waals surface area contributed by atoms with Crippen LogP contribution in [0.3, 0.4) is 0 Å². The number of aromatic nitrogens is 2. The van der Waals surface area contributed by atoms with Gasteiger partial charge in [0.1, 0.15) is 0 Å². The molecule has 4 nitrogen and oxygen atoms in total. The van der Waals surface area contributed by atoms with Crippen LogP contribution in [0.25, 0.3) is 0 Å². The molecule has 20 heavy (non-hydrogen) atoms. The Morgan fingerprint density at radius 1 is 1.40 bits per heavy atom. The lowest BCUT2D eigenvalue weighted by atomic mass is 9.78. The summed E-state index contributed by atoms with van der Waals surface area (Å²) >= 11 is 0.665. The summed E-state index contributed by atoms with van der Waals surface area (Å²) in [6.45, 7) is 2.35. The van der Waals surface area contributed by atoms with E-state index in [0.717, 1.165) is 19.3 Å². The SMILES string of the molecule is CCC1CCC(O)(CNc2nc(C(F)(F)F)ns2)CC1. The summed E-state index contributed by atoms with van der Waals surface area (Å²) in [7, 11) is 0. The molecular formula is C12H18F3N3OS. The lowest BCUT2D eigenvalue weighted by Gasteiger charge is -2.35. The summed E-state index contributed by atoms with van der Waals surface area (Å²) in [6, 6.07) is 0. The molecule has 114 valence electrons. The van der Waals surface area contributed by atoms with Crippen molar-refractivity contribution in [3.63, 3.8) is 0 Å². The largest absolute Gasteiger partial charge is 0.452 e. The van der Waals surface area contributed by atoms with Crippen LogP contribution >= 0.6 is 11.5 Å². The number of nitrogens with zero attached hydrogens (tertiary/aromatic N) is 2. The molecule has 1 heterocycles. The maximum absolute atomic E-state index is 12.4. The van der Waals surface area contributed by atoms with Crippen molar-refractivity contribution in [3.8, 4) is 0 Å². The van der Waals surface area contributed by atoms with E-state index in [1.54, 1.807) is 0 Å². The highest BCUT2D eigenvalue weighted by Crippen LogP contribution is 2.34. The summed E-state index contributed by atoms with van der Waals surface area (Å²) < 4.78 is 40.3. The van der Waals surface area contributed by atoms with Gasteiger partial charge < -0.3 is 10.4 Å². The summed E-state index contributed by atoms with van der Waals surface area (Å²) in [5.41, 5.74) is -0.851. The molecule has 1 fully saturated rings. The second-order valence-electron chi connectivity index (χ2n) is 5.35. The van der Waals surface area contributed by atoms with Crippen LogP contribution in [-0.4, -0.2) is 26.6 Å². The standard InChI is InChI=1S/C12H18F3N3OS/c1-2-8-3-5-11(19,6-4-8)7-16-10-17-9(18-20-10)12(13,14)15/h8,19H,2-7H2,1H3,(H,16,17,18).